The Labute approximate surface area is 165 Å². The normalized spacial score (nSPS) is 27.1. The highest BCUT2D eigenvalue weighted by Gasteiger charge is 2.43. The van der Waals surface area contributed by atoms with E-state index in [9.17, 15) is 20.1 Å². The van der Waals surface area contributed by atoms with Crippen molar-refractivity contribution in [2.45, 2.75) is 30.6 Å². The number of nitrogens with one attached hydrogen (secondary N) is 1. The van der Waals surface area contributed by atoms with Crippen LogP contribution >= 0.6 is 0 Å². The summed E-state index contributed by atoms with van der Waals surface area (Å²) in [6.07, 6.45) is -5.27. The zero-order chi connectivity index (χ0) is 20.5. The van der Waals surface area contributed by atoms with Gasteiger partial charge in [0.25, 0.3) is 0 Å². The predicted octanol–water partition coefficient (Wildman–Crippen LogP) is 0.672. The van der Waals surface area contributed by atoms with Gasteiger partial charge < -0.3 is 34.9 Å². The van der Waals surface area contributed by atoms with Crippen molar-refractivity contribution in [2.24, 2.45) is 0 Å². The van der Waals surface area contributed by atoms with E-state index in [1.807, 2.05) is 30.3 Å². The Hall–Kier alpha value is -2.75. The van der Waals surface area contributed by atoms with Gasteiger partial charge >= 0.3 is 5.63 Å². The summed E-state index contributed by atoms with van der Waals surface area (Å²) < 4.78 is 10.6. The molecule has 1 aromatic heterocycles. The van der Waals surface area contributed by atoms with Gasteiger partial charge in [-0.2, -0.15) is 0 Å². The molecule has 5 atom stereocenters. The highest BCUT2D eigenvalue weighted by Crippen LogP contribution is 2.26. The van der Waals surface area contributed by atoms with Crippen LogP contribution in [0.5, 0.6) is 0 Å². The maximum absolute atomic E-state index is 12.4. The van der Waals surface area contributed by atoms with Gasteiger partial charge in [0.1, 0.15) is 29.9 Å². The largest absolute Gasteiger partial charge is 0.422 e. The lowest BCUT2D eigenvalue weighted by Crippen LogP contribution is -2.61. The fourth-order valence-corrected chi connectivity index (χ4v) is 3.47. The van der Waals surface area contributed by atoms with Crippen molar-refractivity contribution in [2.75, 3.05) is 11.9 Å². The Balaban J connectivity index is 1.62. The molecule has 4 rings (SSSR count). The molecule has 1 fully saturated rings. The van der Waals surface area contributed by atoms with Gasteiger partial charge in [-0.1, -0.05) is 30.3 Å². The zero-order valence-electron chi connectivity index (χ0n) is 15.3. The molecule has 5 N–H and O–H groups in total. The van der Waals surface area contributed by atoms with Gasteiger partial charge in [-0.05, 0) is 23.8 Å². The Morgan fingerprint density at radius 1 is 0.966 bits per heavy atom. The van der Waals surface area contributed by atoms with Gasteiger partial charge in [-0.25, -0.2) is 4.79 Å². The van der Waals surface area contributed by atoms with E-state index >= 15 is 0 Å². The monoisotopic (exact) mass is 399 g/mol. The van der Waals surface area contributed by atoms with Crippen molar-refractivity contribution in [3.8, 4) is 11.1 Å². The summed E-state index contributed by atoms with van der Waals surface area (Å²) in [6.45, 7) is -0.535. The Kier molecular flexibility index (Phi) is 5.35. The van der Waals surface area contributed by atoms with Gasteiger partial charge in [0.15, 0.2) is 6.29 Å². The van der Waals surface area contributed by atoms with Crippen molar-refractivity contribution in [3.05, 3.63) is 65.0 Å². The molecule has 0 aliphatic carbocycles. The van der Waals surface area contributed by atoms with Gasteiger partial charge in [0.2, 0.25) is 0 Å². The minimum atomic E-state index is -1.45. The topological polar surface area (TPSA) is 132 Å². The average molecular weight is 399 g/mol. The summed E-state index contributed by atoms with van der Waals surface area (Å²) in [4.78, 5) is 12.4. The first kappa shape index (κ1) is 19.6. The fourth-order valence-electron chi connectivity index (χ4n) is 3.47. The van der Waals surface area contributed by atoms with Gasteiger partial charge in [-0.3, -0.25) is 0 Å². The summed E-state index contributed by atoms with van der Waals surface area (Å²) in [6, 6.07) is 14.9. The van der Waals surface area contributed by atoms with Crippen molar-refractivity contribution in [1.29, 1.82) is 0 Å². The van der Waals surface area contributed by atoms with E-state index in [-0.39, 0.29) is 0 Å². The number of hydrogen-bond donors (Lipinski definition) is 5. The molecule has 152 valence electrons. The van der Waals surface area contributed by atoms with Crippen LogP contribution in [0.2, 0.25) is 0 Å². The molecule has 0 radical (unpaired) electrons. The number of aliphatic hydroxyl groups excluding tert-OH is 4. The number of aliphatic hydroxyl groups is 4. The predicted molar refractivity (Wildman–Crippen MR) is 105 cm³/mol. The molecule has 1 aliphatic heterocycles. The van der Waals surface area contributed by atoms with E-state index in [1.165, 1.54) is 0 Å². The fraction of sp³-hybridized carbons (Fsp3) is 0.286. The molecule has 1 aliphatic rings. The molecular formula is C21H21NO7. The lowest BCUT2D eigenvalue weighted by molar-refractivity contribution is -0.245. The third kappa shape index (κ3) is 3.76. The number of benzene rings is 2. The van der Waals surface area contributed by atoms with Crippen LogP contribution in [0, 0.1) is 0 Å². The van der Waals surface area contributed by atoms with E-state index in [4.69, 9.17) is 14.3 Å². The van der Waals surface area contributed by atoms with Crippen LogP contribution in [0.3, 0.4) is 0 Å². The summed E-state index contributed by atoms with van der Waals surface area (Å²) in [5.74, 6) is 0. The lowest BCUT2D eigenvalue weighted by Gasteiger charge is -2.40. The molecule has 0 amide bonds. The van der Waals surface area contributed by atoms with E-state index in [0.29, 0.717) is 22.2 Å². The van der Waals surface area contributed by atoms with Crippen molar-refractivity contribution >= 4 is 16.7 Å². The van der Waals surface area contributed by atoms with Gasteiger partial charge in [0, 0.05) is 17.1 Å². The second-order valence-corrected chi connectivity index (χ2v) is 6.97. The maximum Gasteiger partial charge on any atom is 0.344 e. The Morgan fingerprint density at radius 3 is 2.45 bits per heavy atom. The van der Waals surface area contributed by atoms with Crippen LogP contribution in [0.1, 0.15) is 0 Å². The highest BCUT2D eigenvalue weighted by atomic mass is 16.6. The van der Waals surface area contributed by atoms with Crippen LogP contribution < -0.4 is 10.9 Å². The lowest BCUT2D eigenvalue weighted by atomic mass is 9.97. The molecule has 0 bridgehead atoms. The van der Waals surface area contributed by atoms with Crippen molar-refractivity contribution < 1.29 is 29.6 Å². The molecule has 4 unspecified atom stereocenters. The molecule has 2 aromatic carbocycles. The number of anilines is 1. The Bertz CT molecular complexity index is 1050. The average Bonchev–Trinajstić information content (AvgIpc) is 2.73. The third-order valence-electron chi connectivity index (χ3n) is 5.05. The molecular weight excluding hydrogens is 378 g/mol. The van der Waals surface area contributed by atoms with E-state index in [0.717, 1.165) is 5.56 Å². The number of rotatable bonds is 4. The standard InChI is InChI=1S/C21H21NO7/c23-10-16-18(24)19(25)17(21(27)29-16)22-13-7-6-12-8-14(11-4-2-1-3-5-11)20(26)28-15(12)9-13/h1-9,16-19,21-25,27H,10H2/t16?,17?,18-,19?,21?/m1/s1. The first-order chi connectivity index (χ1) is 14.0. The van der Waals surface area contributed by atoms with E-state index < -0.39 is 42.9 Å². The molecule has 3 aromatic rings. The second kappa shape index (κ2) is 7.94. The van der Waals surface area contributed by atoms with E-state index in [1.54, 1.807) is 24.3 Å². The summed E-state index contributed by atoms with van der Waals surface area (Å²) >= 11 is 0. The molecule has 29 heavy (non-hydrogen) atoms. The highest BCUT2D eigenvalue weighted by molar-refractivity contribution is 5.84. The number of fused-ring (bicyclic) bond motifs is 1. The summed E-state index contributed by atoms with van der Waals surface area (Å²) in [5.41, 5.74) is 1.50. The molecule has 1 saturated heterocycles. The van der Waals surface area contributed by atoms with Crippen LogP contribution in [0.15, 0.2) is 63.8 Å². The summed E-state index contributed by atoms with van der Waals surface area (Å²) in [5, 5.41) is 43.1. The van der Waals surface area contributed by atoms with E-state index in [2.05, 4.69) is 5.32 Å². The van der Waals surface area contributed by atoms with Crippen LogP contribution in [-0.4, -0.2) is 57.7 Å². The SMILES string of the molecule is O=c1oc2cc(NC3C(O)OC(CO)[C@@H](O)C3O)ccc2cc1-c1ccccc1. The Morgan fingerprint density at radius 2 is 1.72 bits per heavy atom. The molecule has 2 heterocycles. The van der Waals surface area contributed by atoms with Crippen LogP contribution in [-0.2, 0) is 4.74 Å². The third-order valence-corrected chi connectivity index (χ3v) is 5.05. The first-order valence-corrected chi connectivity index (χ1v) is 9.18. The minimum absolute atomic E-state index is 0.328. The first-order valence-electron chi connectivity index (χ1n) is 9.18. The molecule has 0 spiro atoms. The quantitative estimate of drug-likeness (QED) is 0.405. The second-order valence-electron chi connectivity index (χ2n) is 6.97. The minimum Gasteiger partial charge on any atom is -0.422 e. The van der Waals surface area contributed by atoms with Crippen LogP contribution in [0.25, 0.3) is 22.1 Å². The smallest absolute Gasteiger partial charge is 0.344 e. The van der Waals surface area contributed by atoms with Gasteiger partial charge in [0.05, 0.1) is 12.2 Å². The molecule has 8 nitrogen and oxygen atoms in total. The van der Waals surface area contributed by atoms with Crippen LogP contribution in [0.4, 0.5) is 5.69 Å². The number of hydrogen-bond acceptors (Lipinski definition) is 8. The van der Waals surface area contributed by atoms with Crippen molar-refractivity contribution in [3.63, 3.8) is 0 Å². The summed E-state index contributed by atoms with van der Waals surface area (Å²) in [7, 11) is 0. The number of ether oxygens (including phenoxy) is 1. The molecule has 8 heteroatoms. The maximum atomic E-state index is 12.4. The zero-order valence-corrected chi connectivity index (χ0v) is 15.3. The molecule has 0 saturated carbocycles. The van der Waals surface area contributed by atoms with Gasteiger partial charge in [-0.15, -0.1) is 0 Å². The van der Waals surface area contributed by atoms with Crippen molar-refractivity contribution in [1.82, 2.24) is 0 Å².